The first kappa shape index (κ1) is 22.7. The van der Waals surface area contributed by atoms with Gasteiger partial charge < -0.3 is 15.5 Å². The van der Waals surface area contributed by atoms with E-state index >= 15 is 0 Å². The van der Waals surface area contributed by atoms with E-state index in [4.69, 9.17) is 23.2 Å². The van der Waals surface area contributed by atoms with Crippen molar-refractivity contribution in [1.82, 2.24) is 5.32 Å². The van der Waals surface area contributed by atoms with Gasteiger partial charge in [-0.1, -0.05) is 53.5 Å². The Kier molecular flexibility index (Phi) is 7.21. The zero-order valence-corrected chi connectivity index (χ0v) is 19.0. The first-order valence-electron chi connectivity index (χ1n) is 9.70. The minimum atomic E-state index is -0.347. The molecule has 3 rings (SSSR count). The van der Waals surface area contributed by atoms with Crippen LogP contribution in [-0.2, 0) is 0 Å². The number of nitrogens with one attached hydrogen (secondary N) is 2. The predicted molar refractivity (Wildman–Crippen MR) is 128 cm³/mol. The van der Waals surface area contributed by atoms with Crippen LogP contribution in [0.4, 0.5) is 11.4 Å². The van der Waals surface area contributed by atoms with Crippen molar-refractivity contribution in [2.45, 2.75) is 13.0 Å². The lowest BCUT2D eigenvalue weighted by atomic mass is 10.1. The van der Waals surface area contributed by atoms with Crippen LogP contribution in [0.15, 0.2) is 66.7 Å². The molecule has 0 aliphatic carbocycles. The quantitative estimate of drug-likeness (QED) is 0.493. The summed E-state index contributed by atoms with van der Waals surface area (Å²) in [6.45, 7) is 1.93. The first-order chi connectivity index (χ1) is 14.8. The molecule has 0 aliphatic rings. The molecule has 0 aliphatic heterocycles. The average Bonchev–Trinajstić information content (AvgIpc) is 2.75. The van der Waals surface area contributed by atoms with Crippen molar-refractivity contribution in [3.63, 3.8) is 0 Å². The Labute approximate surface area is 192 Å². The van der Waals surface area contributed by atoms with E-state index in [1.165, 1.54) is 6.07 Å². The highest BCUT2D eigenvalue weighted by Gasteiger charge is 2.18. The molecule has 1 unspecified atom stereocenters. The standard InChI is InChI=1S/C24H23Cl2N3O2/c1-15(16-7-5-4-6-8-16)27-24(31)19-14-18(10-12-22(19)29(2)3)28-23(30)17-9-11-20(25)21(26)13-17/h4-15H,1-3H3,(H,27,31)(H,28,30). The van der Waals surface area contributed by atoms with Crippen LogP contribution >= 0.6 is 23.2 Å². The topological polar surface area (TPSA) is 61.4 Å². The maximum atomic E-state index is 13.1. The Morgan fingerprint density at radius 1 is 0.871 bits per heavy atom. The lowest BCUT2D eigenvalue weighted by Crippen LogP contribution is -2.28. The molecule has 160 valence electrons. The number of carbonyl (C=O) groups excluding carboxylic acids is 2. The number of anilines is 2. The monoisotopic (exact) mass is 455 g/mol. The van der Waals surface area contributed by atoms with Crippen molar-refractivity contribution >= 4 is 46.4 Å². The molecule has 0 fully saturated rings. The zero-order chi connectivity index (χ0) is 22.5. The molecule has 31 heavy (non-hydrogen) atoms. The van der Waals surface area contributed by atoms with E-state index in [1.54, 1.807) is 30.3 Å². The van der Waals surface area contributed by atoms with Crippen molar-refractivity contribution in [2.75, 3.05) is 24.3 Å². The molecule has 0 saturated heterocycles. The van der Waals surface area contributed by atoms with E-state index in [-0.39, 0.29) is 17.9 Å². The van der Waals surface area contributed by atoms with Gasteiger partial charge in [0.1, 0.15) is 0 Å². The van der Waals surface area contributed by atoms with Gasteiger partial charge in [-0.25, -0.2) is 0 Å². The molecular weight excluding hydrogens is 433 g/mol. The Hall–Kier alpha value is -3.02. The maximum Gasteiger partial charge on any atom is 0.255 e. The second-order valence-corrected chi connectivity index (χ2v) is 8.13. The molecule has 0 heterocycles. The van der Waals surface area contributed by atoms with Gasteiger partial charge in [0.15, 0.2) is 0 Å². The van der Waals surface area contributed by atoms with Crippen LogP contribution in [0.25, 0.3) is 0 Å². The number of hydrogen-bond donors (Lipinski definition) is 2. The third-order valence-electron chi connectivity index (χ3n) is 4.81. The number of amides is 2. The molecule has 0 radical (unpaired) electrons. The van der Waals surface area contributed by atoms with Crippen molar-refractivity contribution in [3.8, 4) is 0 Å². The normalized spacial score (nSPS) is 11.5. The molecule has 0 bridgehead atoms. The summed E-state index contributed by atoms with van der Waals surface area (Å²) < 4.78 is 0. The highest BCUT2D eigenvalue weighted by molar-refractivity contribution is 6.42. The Balaban J connectivity index is 1.84. The van der Waals surface area contributed by atoms with Gasteiger partial charge in [-0.2, -0.15) is 0 Å². The zero-order valence-electron chi connectivity index (χ0n) is 17.4. The van der Waals surface area contributed by atoms with Gasteiger partial charge >= 0.3 is 0 Å². The molecule has 0 aromatic heterocycles. The van der Waals surface area contributed by atoms with E-state index in [1.807, 2.05) is 56.3 Å². The van der Waals surface area contributed by atoms with Crippen LogP contribution in [-0.4, -0.2) is 25.9 Å². The summed E-state index contributed by atoms with van der Waals surface area (Å²) in [7, 11) is 3.72. The van der Waals surface area contributed by atoms with Gasteiger partial charge in [0, 0.05) is 31.0 Å². The van der Waals surface area contributed by atoms with Gasteiger partial charge in [-0.15, -0.1) is 0 Å². The maximum absolute atomic E-state index is 13.1. The van der Waals surface area contributed by atoms with Gasteiger partial charge in [-0.3, -0.25) is 9.59 Å². The highest BCUT2D eigenvalue weighted by atomic mass is 35.5. The van der Waals surface area contributed by atoms with Crippen molar-refractivity contribution < 1.29 is 9.59 Å². The largest absolute Gasteiger partial charge is 0.377 e. The lowest BCUT2D eigenvalue weighted by Gasteiger charge is -2.20. The van der Waals surface area contributed by atoms with E-state index in [0.717, 1.165) is 11.3 Å². The minimum absolute atomic E-state index is 0.168. The summed E-state index contributed by atoms with van der Waals surface area (Å²) >= 11 is 11.9. The van der Waals surface area contributed by atoms with Crippen LogP contribution in [0.3, 0.4) is 0 Å². The highest BCUT2D eigenvalue weighted by Crippen LogP contribution is 2.26. The Morgan fingerprint density at radius 3 is 2.23 bits per heavy atom. The number of rotatable bonds is 6. The van der Waals surface area contributed by atoms with E-state index in [9.17, 15) is 9.59 Å². The van der Waals surface area contributed by atoms with Crippen LogP contribution in [0.5, 0.6) is 0 Å². The second-order valence-electron chi connectivity index (χ2n) is 7.32. The Morgan fingerprint density at radius 2 is 1.58 bits per heavy atom. The fraction of sp³-hybridized carbons (Fsp3) is 0.167. The van der Waals surface area contributed by atoms with Gasteiger partial charge in [0.05, 0.1) is 21.7 Å². The molecule has 0 spiro atoms. The summed E-state index contributed by atoms with van der Waals surface area (Å²) in [5.41, 5.74) is 3.07. The van der Waals surface area contributed by atoms with Crippen LogP contribution in [0.2, 0.25) is 10.0 Å². The third-order valence-corrected chi connectivity index (χ3v) is 5.55. The van der Waals surface area contributed by atoms with Gasteiger partial charge in [-0.05, 0) is 48.9 Å². The van der Waals surface area contributed by atoms with Crippen molar-refractivity contribution in [3.05, 3.63) is 93.5 Å². The van der Waals surface area contributed by atoms with E-state index < -0.39 is 0 Å². The summed E-state index contributed by atoms with van der Waals surface area (Å²) in [6.07, 6.45) is 0. The SMILES string of the molecule is CC(NC(=O)c1cc(NC(=O)c2ccc(Cl)c(Cl)c2)ccc1N(C)C)c1ccccc1. The fourth-order valence-corrected chi connectivity index (χ4v) is 3.42. The lowest BCUT2D eigenvalue weighted by molar-refractivity contribution is 0.0939. The average molecular weight is 456 g/mol. The molecule has 3 aromatic carbocycles. The molecule has 2 N–H and O–H groups in total. The fourth-order valence-electron chi connectivity index (χ4n) is 3.13. The Bertz CT molecular complexity index is 1100. The molecule has 3 aromatic rings. The molecule has 0 saturated carbocycles. The van der Waals surface area contributed by atoms with Gasteiger partial charge in [0.2, 0.25) is 0 Å². The van der Waals surface area contributed by atoms with E-state index in [2.05, 4.69) is 10.6 Å². The summed E-state index contributed by atoms with van der Waals surface area (Å²) in [6, 6.07) is 19.4. The third kappa shape index (κ3) is 5.57. The summed E-state index contributed by atoms with van der Waals surface area (Å²) in [5.74, 6) is -0.578. The summed E-state index contributed by atoms with van der Waals surface area (Å²) in [5, 5.41) is 6.51. The smallest absolute Gasteiger partial charge is 0.255 e. The van der Waals surface area contributed by atoms with Crippen molar-refractivity contribution in [1.29, 1.82) is 0 Å². The van der Waals surface area contributed by atoms with Crippen LogP contribution < -0.4 is 15.5 Å². The van der Waals surface area contributed by atoms with Crippen LogP contribution in [0.1, 0.15) is 39.2 Å². The second kappa shape index (κ2) is 9.86. The van der Waals surface area contributed by atoms with Crippen LogP contribution in [0, 0.1) is 0 Å². The molecule has 1 atom stereocenters. The number of nitrogens with zero attached hydrogens (tertiary/aromatic N) is 1. The van der Waals surface area contributed by atoms with Crippen molar-refractivity contribution in [2.24, 2.45) is 0 Å². The molecular formula is C24H23Cl2N3O2. The molecule has 7 heteroatoms. The summed E-state index contributed by atoms with van der Waals surface area (Å²) in [4.78, 5) is 27.5. The van der Waals surface area contributed by atoms with E-state index in [0.29, 0.717) is 26.9 Å². The number of carbonyl (C=O) groups is 2. The minimum Gasteiger partial charge on any atom is -0.377 e. The predicted octanol–water partition coefficient (Wildman–Crippen LogP) is 5.80. The molecule has 2 amide bonds. The first-order valence-corrected chi connectivity index (χ1v) is 10.5. The number of halogens is 2. The number of hydrogen-bond acceptors (Lipinski definition) is 3. The molecule has 5 nitrogen and oxygen atoms in total. The van der Waals surface area contributed by atoms with Gasteiger partial charge in [0.25, 0.3) is 11.8 Å². The number of benzene rings is 3.